The molecule has 1 N–H and O–H groups in total. The molecule has 0 fully saturated rings. The quantitative estimate of drug-likeness (QED) is 0.312. The van der Waals surface area contributed by atoms with Crippen molar-refractivity contribution in [1.29, 1.82) is 0 Å². The standard InChI is InChI=1S/C28H23ClN4O2/c1-18(19-8-4-3-5-9-19)30-28(34)24-16-25(22-10-6-7-11-26(22)35-2)33-27(31-24)17-23(32-33)20-12-14-21(29)15-13-20/h3-18H,1-2H3,(H,30,34). The summed E-state index contributed by atoms with van der Waals surface area (Å²) in [5.41, 5.74) is 4.99. The highest BCUT2D eigenvalue weighted by Crippen LogP contribution is 2.32. The van der Waals surface area contributed by atoms with E-state index in [-0.39, 0.29) is 11.9 Å². The summed E-state index contributed by atoms with van der Waals surface area (Å²) in [6.07, 6.45) is 0. The van der Waals surface area contributed by atoms with E-state index in [2.05, 4.69) is 10.3 Å². The maximum Gasteiger partial charge on any atom is 0.270 e. The Morgan fingerprint density at radius 1 is 0.971 bits per heavy atom. The molecule has 1 unspecified atom stereocenters. The van der Waals surface area contributed by atoms with Crippen LogP contribution in [-0.2, 0) is 0 Å². The first-order chi connectivity index (χ1) is 17.0. The summed E-state index contributed by atoms with van der Waals surface area (Å²) in [6.45, 7) is 1.95. The predicted octanol–water partition coefficient (Wildman–Crippen LogP) is 6.22. The molecule has 0 radical (unpaired) electrons. The molecule has 0 saturated carbocycles. The van der Waals surface area contributed by atoms with Gasteiger partial charge in [0.2, 0.25) is 0 Å². The zero-order valence-corrected chi connectivity index (χ0v) is 20.0. The van der Waals surface area contributed by atoms with Crippen molar-refractivity contribution in [3.63, 3.8) is 0 Å². The van der Waals surface area contributed by atoms with Crippen molar-refractivity contribution in [2.45, 2.75) is 13.0 Å². The molecule has 174 valence electrons. The second-order valence-electron chi connectivity index (χ2n) is 8.14. The molecule has 5 rings (SSSR count). The van der Waals surface area contributed by atoms with E-state index in [1.54, 1.807) is 17.7 Å². The van der Waals surface area contributed by atoms with Gasteiger partial charge in [0.15, 0.2) is 5.65 Å². The van der Waals surface area contributed by atoms with Gasteiger partial charge in [0, 0.05) is 22.2 Å². The number of halogens is 1. The molecule has 7 heteroatoms. The van der Waals surface area contributed by atoms with Gasteiger partial charge >= 0.3 is 0 Å². The van der Waals surface area contributed by atoms with Crippen molar-refractivity contribution in [3.05, 3.63) is 107 Å². The van der Waals surface area contributed by atoms with Gasteiger partial charge in [-0.05, 0) is 42.8 Å². The lowest BCUT2D eigenvalue weighted by Crippen LogP contribution is -2.27. The normalized spacial score (nSPS) is 11.9. The maximum absolute atomic E-state index is 13.3. The topological polar surface area (TPSA) is 68.5 Å². The number of para-hydroxylation sites is 1. The number of carbonyl (C=O) groups is 1. The molecular formula is C28H23ClN4O2. The lowest BCUT2D eigenvalue weighted by atomic mass is 10.1. The Kier molecular flexibility index (Phi) is 6.21. The number of benzene rings is 3. The van der Waals surface area contributed by atoms with E-state index in [9.17, 15) is 4.79 Å². The molecule has 2 aromatic heterocycles. The molecule has 5 aromatic rings. The smallest absolute Gasteiger partial charge is 0.270 e. The van der Waals surface area contributed by atoms with Gasteiger partial charge < -0.3 is 10.1 Å². The number of ether oxygens (including phenoxy) is 1. The molecule has 2 heterocycles. The molecule has 6 nitrogen and oxygen atoms in total. The van der Waals surface area contributed by atoms with Gasteiger partial charge in [0.05, 0.1) is 24.5 Å². The maximum atomic E-state index is 13.3. The van der Waals surface area contributed by atoms with Gasteiger partial charge in [-0.25, -0.2) is 9.50 Å². The predicted molar refractivity (Wildman–Crippen MR) is 138 cm³/mol. The molecule has 0 aliphatic carbocycles. The molecular weight excluding hydrogens is 460 g/mol. The number of aromatic nitrogens is 3. The van der Waals surface area contributed by atoms with Crippen molar-refractivity contribution in [3.8, 4) is 28.3 Å². The Bertz CT molecular complexity index is 1500. The van der Waals surface area contributed by atoms with Gasteiger partial charge in [-0.3, -0.25) is 4.79 Å². The number of fused-ring (bicyclic) bond motifs is 1. The lowest BCUT2D eigenvalue weighted by molar-refractivity contribution is 0.0935. The molecule has 1 atom stereocenters. The van der Waals surface area contributed by atoms with Gasteiger partial charge in [-0.1, -0.05) is 66.2 Å². The Hall–Kier alpha value is -4.16. The van der Waals surface area contributed by atoms with Crippen molar-refractivity contribution in [1.82, 2.24) is 19.9 Å². The molecule has 35 heavy (non-hydrogen) atoms. The Labute approximate surface area is 208 Å². The third-order valence-electron chi connectivity index (χ3n) is 5.83. The van der Waals surface area contributed by atoms with Crippen molar-refractivity contribution < 1.29 is 9.53 Å². The van der Waals surface area contributed by atoms with Crippen LogP contribution in [0, 0.1) is 0 Å². The molecule has 0 spiro atoms. The fraction of sp³-hybridized carbons (Fsp3) is 0.107. The van der Waals surface area contributed by atoms with Crippen LogP contribution in [0.4, 0.5) is 0 Å². The molecule has 1 amide bonds. The van der Waals surface area contributed by atoms with Gasteiger partial charge in [0.25, 0.3) is 5.91 Å². The summed E-state index contributed by atoms with van der Waals surface area (Å²) in [5, 5.41) is 8.50. The number of amides is 1. The molecule has 0 bridgehead atoms. The number of rotatable bonds is 6. The minimum atomic E-state index is -0.269. The third kappa shape index (κ3) is 4.61. The summed E-state index contributed by atoms with van der Waals surface area (Å²) < 4.78 is 7.33. The largest absolute Gasteiger partial charge is 0.496 e. The van der Waals surface area contributed by atoms with Crippen LogP contribution in [0.2, 0.25) is 5.02 Å². The molecule has 0 aliphatic rings. The zero-order valence-electron chi connectivity index (χ0n) is 19.3. The summed E-state index contributed by atoms with van der Waals surface area (Å²) in [7, 11) is 1.62. The van der Waals surface area contributed by atoms with E-state index in [4.69, 9.17) is 21.4 Å². The molecule has 3 aromatic carbocycles. The second kappa shape index (κ2) is 9.60. The minimum absolute atomic E-state index is 0.175. The van der Waals surface area contributed by atoms with Crippen LogP contribution in [0.15, 0.2) is 91.0 Å². The first kappa shape index (κ1) is 22.6. The number of hydrogen-bond acceptors (Lipinski definition) is 4. The summed E-state index contributed by atoms with van der Waals surface area (Å²) in [6, 6.07) is 28.3. The fourth-order valence-electron chi connectivity index (χ4n) is 4.00. The van der Waals surface area contributed by atoms with Gasteiger partial charge in [0.1, 0.15) is 11.4 Å². The Balaban J connectivity index is 1.62. The summed E-state index contributed by atoms with van der Waals surface area (Å²) >= 11 is 6.06. The average Bonchev–Trinajstić information content (AvgIpc) is 3.33. The van der Waals surface area contributed by atoms with E-state index in [0.29, 0.717) is 27.8 Å². The van der Waals surface area contributed by atoms with Gasteiger partial charge in [-0.2, -0.15) is 5.10 Å². The van der Waals surface area contributed by atoms with E-state index in [0.717, 1.165) is 22.4 Å². The van der Waals surface area contributed by atoms with Gasteiger partial charge in [-0.15, -0.1) is 0 Å². The second-order valence-corrected chi connectivity index (χ2v) is 8.58. The first-order valence-corrected chi connectivity index (χ1v) is 11.6. The monoisotopic (exact) mass is 482 g/mol. The van der Waals surface area contributed by atoms with E-state index < -0.39 is 0 Å². The SMILES string of the molecule is COc1ccccc1-c1cc(C(=O)NC(C)c2ccccc2)nc2cc(-c3ccc(Cl)cc3)nn12. The lowest BCUT2D eigenvalue weighted by Gasteiger charge is -2.15. The van der Waals surface area contributed by atoms with Crippen LogP contribution < -0.4 is 10.1 Å². The Morgan fingerprint density at radius 2 is 1.69 bits per heavy atom. The molecule has 0 aliphatic heterocycles. The first-order valence-electron chi connectivity index (χ1n) is 11.2. The van der Waals surface area contributed by atoms with E-state index in [1.165, 1.54) is 0 Å². The zero-order chi connectivity index (χ0) is 24.4. The number of methoxy groups -OCH3 is 1. The highest BCUT2D eigenvalue weighted by Gasteiger charge is 2.19. The van der Waals surface area contributed by atoms with Crippen molar-refractivity contribution in [2.75, 3.05) is 7.11 Å². The van der Waals surface area contributed by atoms with Crippen molar-refractivity contribution >= 4 is 23.2 Å². The number of carbonyl (C=O) groups excluding carboxylic acids is 1. The van der Waals surface area contributed by atoms with Crippen LogP contribution in [-0.4, -0.2) is 27.6 Å². The van der Waals surface area contributed by atoms with Crippen LogP contribution in [0.3, 0.4) is 0 Å². The summed E-state index contributed by atoms with van der Waals surface area (Å²) in [5.74, 6) is 0.404. The van der Waals surface area contributed by atoms with Crippen LogP contribution in [0.25, 0.3) is 28.2 Å². The molecule has 0 saturated heterocycles. The highest BCUT2D eigenvalue weighted by atomic mass is 35.5. The minimum Gasteiger partial charge on any atom is -0.496 e. The number of hydrogen-bond donors (Lipinski definition) is 1. The number of nitrogens with zero attached hydrogens (tertiary/aromatic N) is 3. The van der Waals surface area contributed by atoms with E-state index in [1.807, 2.05) is 91.9 Å². The number of nitrogens with one attached hydrogen (secondary N) is 1. The Morgan fingerprint density at radius 3 is 2.43 bits per heavy atom. The highest BCUT2D eigenvalue weighted by molar-refractivity contribution is 6.30. The van der Waals surface area contributed by atoms with Crippen molar-refractivity contribution in [2.24, 2.45) is 0 Å². The van der Waals surface area contributed by atoms with E-state index >= 15 is 0 Å². The average molecular weight is 483 g/mol. The van der Waals surface area contributed by atoms with Crippen LogP contribution in [0.1, 0.15) is 29.0 Å². The fourth-order valence-corrected chi connectivity index (χ4v) is 4.12. The third-order valence-corrected chi connectivity index (χ3v) is 6.08. The van der Waals surface area contributed by atoms with Crippen LogP contribution >= 0.6 is 11.6 Å². The summed E-state index contributed by atoms with van der Waals surface area (Å²) in [4.78, 5) is 17.9. The van der Waals surface area contributed by atoms with Crippen LogP contribution in [0.5, 0.6) is 5.75 Å².